The summed E-state index contributed by atoms with van der Waals surface area (Å²) >= 11 is 1.46. The summed E-state index contributed by atoms with van der Waals surface area (Å²) in [6, 6.07) is 7.29. The number of pyridine rings is 1. The normalized spacial score (nSPS) is 10.4. The van der Waals surface area contributed by atoms with Crippen LogP contribution in [0.4, 0.5) is 5.82 Å². The monoisotopic (exact) mass is 276 g/mol. The third-order valence-electron chi connectivity index (χ3n) is 2.37. The highest BCUT2D eigenvalue weighted by molar-refractivity contribution is 7.98. The Balaban J connectivity index is 1.97. The number of anilines is 1. The predicted molar refractivity (Wildman–Crippen MR) is 77.4 cm³/mol. The van der Waals surface area contributed by atoms with Gasteiger partial charge in [0, 0.05) is 24.6 Å². The third-order valence-corrected chi connectivity index (χ3v) is 3.29. The molecule has 19 heavy (non-hydrogen) atoms. The largest absolute Gasteiger partial charge is 0.370 e. The van der Waals surface area contributed by atoms with Gasteiger partial charge in [0.25, 0.3) is 5.56 Å². The number of aromatic amines is 1. The first kappa shape index (κ1) is 13.6. The van der Waals surface area contributed by atoms with Gasteiger partial charge in [-0.25, -0.2) is 9.97 Å². The van der Waals surface area contributed by atoms with Crippen molar-refractivity contribution in [2.45, 2.75) is 24.3 Å². The lowest BCUT2D eigenvalue weighted by molar-refractivity contribution is 0.934. The van der Waals surface area contributed by atoms with Crippen LogP contribution in [0.15, 0.2) is 40.4 Å². The van der Waals surface area contributed by atoms with Crippen LogP contribution in [-0.2, 0) is 5.75 Å². The predicted octanol–water partition coefficient (Wildman–Crippen LogP) is 2.28. The zero-order valence-corrected chi connectivity index (χ0v) is 11.5. The van der Waals surface area contributed by atoms with Crippen LogP contribution in [0, 0.1) is 0 Å². The lowest BCUT2D eigenvalue weighted by atomic mass is 10.3. The highest BCUT2D eigenvalue weighted by Crippen LogP contribution is 2.17. The summed E-state index contributed by atoms with van der Waals surface area (Å²) in [5, 5.41) is 3.86. The minimum absolute atomic E-state index is 0.135. The molecule has 2 rings (SSSR count). The van der Waals surface area contributed by atoms with Gasteiger partial charge >= 0.3 is 0 Å². The van der Waals surface area contributed by atoms with Crippen LogP contribution >= 0.6 is 11.8 Å². The topological polar surface area (TPSA) is 70.7 Å². The molecule has 0 amide bonds. The average molecular weight is 276 g/mol. The summed E-state index contributed by atoms with van der Waals surface area (Å²) in [7, 11) is 0. The molecule has 0 unspecified atom stereocenters. The van der Waals surface area contributed by atoms with E-state index in [1.54, 1.807) is 0 Å². The van der Waals surface area contributed by atoms with Gasteiger partial charge in [-0.1, -0.05) is 24.8 Å². The van der Waals surface area contributed by atoms with Crippen molar-refractivity contribution < 1.29 is 0 Å². The van der Waals surface area contributed by atoms with Crippen molar-refractivity contribution >= 4 is 17.6 Å². The fourth-order valence-corrected chi connectivity index (χ4v) is 2.23. The molecule has 6 heteroatoms. The van der Waals surface area contributed by atoms with Crippen LogP contribution < -0.4 is 10.9 Å². The first-order valence-corrected chi connectivity index (χ1v) is 7.14. The summed E-state index contributed by atoms with van der Waals surface area (Å²) in [4.78, 5) is 22.4. The summed E-state index contributed by atoms with van der Waals surface area (Å²) in [5.74, 6) is 1.56. The number of aromatic nitrogens is 3. The highest BCUT2D eigenvalue weighted by Gasteiger charge is 2.01. The number of rotatable bonds is 6. The maximum Gasteiger partial charge on any atom is 0.251 e. The van der Waals surface area contributed by atoms with Gasteiger partial charge in [-0.2, -0.15) is 0 Å². The van der Waals surface area contributed by atoms with Gasteiger partial charge in [0.15, 0.2) is 5.16 Å². The maximum atomic E-state index is 11.1. The SMILES string of the molecule is CCCNc1cccc(CSc2nccc(=O)[nH]2)n1. The molecule has 0 atom stereocenters. The molecule has 2 heterocycles. The van der Waals surface area contributed by atoms with Gasteiger partial charge < -0.3 is 10.3 Å². The second-order valence-corrected chi connectivity index (χ2v) is 4.93. The summed E-state index contributed by atoms with van der Waals surface area (Å²) in [6.07, 6.45) is 2.57. The Labute approximate surface area is 115 Å². The molecule has 0 aliphatic heterocycles. The van der Waals surface area contributed by atoms with Crippen LogP contribution in [0.25, 0.3) is 0 Å². The molecule has 0 fully saturated rings. The van der Waals surface area contributed by atoms with Crippen LogP contribution in [0.5, 0.6) is 0 Å². The lowest BCUT2D eigenvalue weighted by Crippen LogP contribution is -2.05. The second kappa shape index (κ2) is 6.94. The number of nitrogens with one attached hydrogen (secondary N) is 2. The number of hydrogen-bond acceptors (Lipinski definition) is 5. The van der Waals surface area contributed by atoms with Crippen molar-refractivity contribution in [2.24, 2.45) is 0 Å². The van der Waals surface area contributed by atoms with E-state index in [-0.39, 0.29) is 5.56 Å². The Hall–Kier alpha value is -1.82. The van der Waals surface area contributed by atoms with Gasteiger partial charge in [0.1, 0.15) is 5.82 Å². The molecule has 2 N–H and O–H groups in total. The molecule has 0 saturated heterocycles. The Morgan fingerprint density at radius 2 is 2.26 bits per heavy atom. The van der Waals surface area contributed by atoms with E-state index < -0.39 is 0 Å². The van der Waals surface area contributed by atoms with Crippen molar-refractivity contribution in [3.05, 3.63) is 46.5 Å². The van der Waals surface area contributed by atoms with Crippen LogP contribution in [0.2, 0.25) is 0 Å². The van der Waals surface area contributed by atoms with E-state index in [0.29, 0.717) is 10.9 Å². The van der Waals surface area contributed by atoms with Crippen molar-refractivity contribution in [3.63, 3.8) is 0 Å². The Morgan fingerprint density at radius 3 is 3.05 bits per heavy atom. The Bertz CT molecular complexity index is 585. The van der Waals surface area contributed by atoms with Crippen LogP contribution in [-0.4, -0.2) is 21.5 Å². The Morgan fingerprint density at radius 1 is 1.37 bits per heavy atom. The van der Waals surface area contributed by atoms with E-state index >= 15 is 0 Å². The van der Waals surface area contributed by atoms with Gasteiger partial charge in [-0.3, -0.25) is 4.79 Å². The standard InChI is InChI=1S/C13H16N4OS/c1-2-7-14-11-5-3-4-10(16-11)9-19-13-15-8-6-12(18)17-13/h3-6,8H,2,7,9H2,1H3,(H,14,16)(H,15,17,18). The molecule has 0 saturated carbocycles. The van der Waals surface area contributed by atoms with E-state index in [0.717, 1.165) is 24.5 Å². The fraction of sp³-hybridized carbons (Fsp3) is 0.308. The molecule has 0 aliphatic carbocycles. The Kier molecular flexibility index (Phi) is 4.97. The van der Waals surface area contributed by atoms with Crippen molar-refractivity contribution in [3.8, 4) is 0 Å². The molecule has 2 aromatic heterocycles. The number of hydrogen-bond donors (Lipinski definition) is 2. The number of H-pyrrole nitrogens is 1. The maximum absolute atomic E-state index is 11.1. The van der Waals surface area contributed by atoms with Gasteiger partial charge in [0.05, 0.1) is 5.69 Å². The summed E-state index contributed by atoms with van der Waals surface area (Å²) < 4.78 is 0. The van der Waals surface area contributed by atoms with Crippen LogP contribution in [0.3, 0.4) is 0 Å². The summed E-state index contributed by atoms with van der Waals surface area (Å²) in [6.45, 7) is 3.03. The average Bonchev–Trinajstić information content (AvgIpc) is 2.43. The first-order chi connectivity index (χ1) is 9.28. The molecule has 5 nitrogen and oxygen atoms in total. The van der Waals surface area contributed by atoms with E-state index in [2.05, 4.69) is 27.2 Å². The minimum atomic E-state index is -0.135. The van der Waals surface area contributed by atoms with Crippen molar-refractivity contribution in [1.29, 1.82) is 0 Å². The number of nitrogens with zero attached hydrogens (tertiary/aromatic N) is 2. The molecule has 100 valence electrons. The van der Waals surface area contributed by atoms with Crippen molar-refractivity contribution in [1.82, 2.24) is 15.0 Å². The minimum Gasteiger partial charge on any atom is -0.370 e. The van der Waals surface area contributed by atoms with Gasteiger partial charge in [-0.05, 0) is 18.6 Å². The summed E-state index contributed by atoms with van der Waals surface area (Å²) in [5.41, 5.74) is 0.821. The van der Waals surface area contributed by atoms with Gasteiger partial charge in [-0.15, -0.1) is 0 Å². The van der Waals surface area contributed by atoms with E-state index in [9.17, 15) is 4.79 Å². The molecular formula is C13H16N4OS. The van der Waals surface area contributed by atoms with Gasteiger partial charge in [0.2, 0.25) is 0 Å². The molecule has 0 aromatic carbocycles. The van der Waals surface area contributed by atoms with E-state index in [4.69, 9.17) is 0 Å². The number of thioether (sulfide) groups is 1. The molecule has 0 aliphatic rings. The fourth-order valence-electron chi connectivity index (χ4n) is 1.48. The molecule has 0 radical (unpaired) electrons. The first-order valence-electron chi connectivity index (χ1n) is 6.16. The highest BCUT2D eigenvalue weighted by atomic mass is 32.2. The van der Waals surface area contributed by atoms with E-state index in [1.165, 1.54) is 24.0 Å². The quantitative estimate of drug-likeness (QED) is 0.625. The van der Waals surface area contributed by atoms with Crippen molar-refractivity contribution in [2.75, 3.05) is 11.9 Å². The molecular weight excluding hydrogens is 260 g/mol. The van der Waals surface area contributed by atoms with E-state index in [1.807, 2.05) is 18.2 Å². The third kappa shape index (κ3) is 4.40. The molecule has 0 bridgehead atoms. The molecule has 2 aromatic rings. The lowest BCUT2D eigenvalue weighted by Gasteiger charge is -2.05. The zero-order valence-electron chi connectivity index (χ0n) is 10.7. The second-order valence-electron chi connectivity index (χ2n) is 3.97. The molecule has 0 spiro atoms. The smallest absolute Gasteiger partial charge is 0.251 e. The van der Waals surface area contributed by atoms with Crippen LogP contribution in [0.1, 0.15) is 19.0 Å². The zero-order chi connectivity index (χ0) is 13.5.